The molecule has 5 heteroatoms. The zero-order valence-corrected chi connectivity index (χ0v) is 16.5. The Balaban J connectivity index is 1.41. The summed E-state index contributed by atoms with van der Waals surface area (Å²) in [7, 11) is 1.67. The van der Waals surface area contributed by atoms with E-state index in [-0.39, 0.29) is 5.91 Å². The first kappa shape index (κ1) is 20.0. The normalized spacial score (nSPS) is 14.5. The van der Waals surface area contributed by atoms with Gasteiger partial charge in [-0.3, -0.25) is 9.69 Å². The SMILES string of the molecule is C=CC(=O)N1CCN(Cc2ccc(OCCc3ccc(OC)cc3)cc2)CC1. The highest BCUT2D eigenvalue weighted by molar-refractivity contribution is 5.87. The fourth-order valence-corrected chi connectivity index (χ4v) is 3.28. The molecule has 3 rings (SSSR count). The summed E-state index contributed by atoms with van der Waals surface area (Å²) in [6.45, 7) is 8.39. The Hall–Kier alpha value is -2.79. The number of rotatable bonds is 8. The molecule has 0 bridgehead atoms. The number of methoxy groups -OCH3 is 1. The van der Waals surface area contributed by atoms with Crippen LogP contribution in [-0.4, -0.2) is 55.6 Å². The molecule has 2 aromatic carbocycles. The van der Waals surface area contributed by atoms with Crippen molar-refractivity contribution in [1.82, 2.24) is 9.80 Å². The second-order valence-corrected chi connectivity index (χ2v) is 6.90. The van der Waals surface area contributed by atoms with Gasteiger partial charge in [-0.1, -0.05) is 30.8 Å². The number of piperazine rings is 1. The second-order valence-electron chi connectivity index (χ2n) is 6.90. The van der Waals surface area contributed by atoms with Crippen LogP contribution < -0.4 is 9.47 Å². The predicted molar refractivity (Wildman–Crippen MR) is 111 cm³/mol. The van der Waals surface area contributed by atoms with Crippen LogP contribution in [0.2, 0.25) is 0 Å². The molecule has 1 saturated heterocycles. The fourth-order valence-electron chi connectivity index (χ4n) is 3.28. The van der Waals surface area contributed by atoms with E-state index in [1.54, 1.807) is 7.11 Å². The Bertz CT molecular complexity index is 763. The third kappa shape index (κ3) is 5.60. The second kappa shape index (κ2) is 9.95. The topological polar surface area (TPSA) is 42.0 Å². The van der Waals surface area contributed by atoms with Gasteiger partial charge in [0, 0.05) is 39.1 Å². The molecular weight excluding hydrogens is 352 g/mol. The Morgan fingerprint density at radius 1 is 0.964 bits per heavy atom. The van der Waals surface area contributed by atoms with Gasteiger partial charge in [0.05, 0.1) is 13.7 Å². The molecule has 1 aliphatic heterocycles. The van der Waals surface area contributed by atoms with E-state index in [9.17, 15) is 4.79 Å². The highest BCUT2D eigenvalue weighted by Crippen LogP contribution is 2.16. The van der Waals surface area contributed by atoms with Crippen molar-refractivity contribution >= 4 is 5.91 Å². The molecule has 0 aliphatic carbocycles. The minimum absolute atomic E-state index is 0.0239. The maximum absolute atomic E-state index is 11.6. The predicted octanol–water partition coefficient (Wildman–Crippen LogP) is 3.15. The summed E-state index contributed by atoms with van der Waals surface area (Å²) in [5, 5.41) is 0. The third-order valence-electron chi connectivity index (χ3n) is 5.01. The van der Waals surface area contributed by atoms with Gasteiger partial charge >= 0.3 is 0 Å². The largest absolute Gasteiger partial charge is 0.497 e. The Morgan fingerprint density at radius 3 is 2.18 bits per heavy atom. The Morgan fingerprint density at radius 2 is 1.57 bits per heavy atom. The van der Waals surface area contributed by atoms with Crippen LogP contribution in [0.1, 0.15) is 11.1 Å². The average Bonchev–Trinajstić information content (AvgIpc) is 2.75. The minimum atomic E-state index is 0.0239. The van der Waals surface area contributed by atoms with Gasteiger partial charge in [-0.15, -0.1) is 0 Å². The molecule has 0 spiro atoms. The van der Waals surface area contributed by atoms with Crippen molar-refractivity contribution in [1.29, 1.82) is 0 Å². The molecule has 0 aromatic heterocycles. The van der Waals surface area contributed by atoms with E-state index in [4.69, 9.17) is 9.47 Å². The summed E-state index contributed by atoms with van der Waals surface area (Å²) in [5.74, 6) is 1.78. The molecule has 0 unspecified atom stereocenters. The monoisotopic (exact) mass is 380 g/mol. The van der Waals surface area contributed by atoms with Crippen molar-refractivity contribution in [3.8, 4) is 11.5 Å². The number of hydrogen-bond donors (Lipinski definition) is 0. The van der Waals surface area contributed by atoms with Crippen molar-refractivity contribution in [2.24, 2.45) is 0 Å². The van der Waals surface area contributed by atoms with Gasteiger partial charge in [0.25, 0.3) is 0 Å². The molecule has 28 heavy (non-hydrogen) atoms. The van der Waals surface area contributed by atoms with Crippen molar-refractivity contribution in [3.63, 3.8) is 0 Å². The van der Waals surface area contributed by atoms with Gasteiger partial charge < -0.3 is 14.4 Å². The van der Waals surface area contributed by atoms with E-state index < -0.39 is 0 Å². The van der Waals surface area contributed by atoms with Gasteiger partial charge in [0.1, 0.15) is 11.5 Å². The van der Waals surface area contributed by atoms with E-state index in [0.717, 1.165) is 50.6 Å². The molecule has 2 aromatic rings. The molecule has 1 aliphatic rings. The number of nitrogens with zero attached hydrogens (tertiary/aromatic N) is 2. The van der Waals surface area contributed by atoms with E-state index in [1.165, 1.54) is 17.2 Å². The average molecular weight is 380 g/mol. The Labute approximate surface area is 167 Å². The summed E-state index contributed by atoms with van der Waals surface area (Å²) in [4.78, 5) is 15.9. The molecule has 0 N–H and O–H groups in total. The molecule has 0 saturated carbocycles. The number of amides is 1. The molecular formula is C23H28N2O3. The molecule has 1 fully saturated rings. The van der Waals surface area contributed by atoms with Gasteiger partial charge in [0.15, 0.2) is 0 Å². The Kier molecular flexibility index (Phi) is 7.09. The summed E-state index contributed by atoms with van der Waals surface area (Å²) < 4.78 is 11.0. The molecule has 0 radical (unpaired) electrons. The van der Waals surface area contributed by atoms with Crippen molar-refractivity contribution in [2.75, 3.05) is 39.9 Å². The molecule has 0 atom stereocenters. The fraction of sp³-hybridized carbons (Fsp3) is 0.348. The number of hydrogen-bond acceptors (Lipinski definition) is 4. The van der Waals surface area contributed by atoms with Crippen LogP contribution in [0, 0.1) is 0 Å². The van der Waals surface area contributed by atoms with Gasteiger partial charge in [-0.25, -0.2) is 0 Å². The minimum Gasteiger partial charge on any atom is -0.497 e. The van der Waals surface area contributed by atoms with Crippen molar-refractivity contribution < 1.29 is 14.3 Å². The molecule has 5 nitrogen and oxygen atoms in total. The molecule has 1 heterocycles. The van der Waals surface area contributed by atoms with E-state index in [0.29, 0.717) is 6.61 Å². The van der Waals surface area contributed by atoms with E-state index in [2.05, 4.69) is 35.7 Å². The lowest BCUT2D eigenvalue weighted by atomic mass is 10.1. The highest BCUT2D eigenvalue weighted by Gasteiger charge is 2.19. The summed E-state index contributed by atoms with van der Waals surface area (Å²) in [5.41, 5.74) is 2.48. The van der Waals surface area contributed by atoms with Crippen LogP contribution in [0.5, 0.6) is 11.5 Å². The number of carbonyl (C=O) groups excluding carboxylic acids is 1. The number of benzene rings is 2. The van der Waals surface area contributed by atoms with Gasteiger partial charge in [-0.05, 0) is 41.5 Å². The van der Waals surface area contributed by atoms with Crippen molar-refractivity contribution in [2.45, 2.75) is 13.0 Å². The zero-order valence-electron chi connectivity index (χ0n) is 16.5. The van der Waals surface area contributed by atoms with Crippen LogP contribution in [0.15, 0.2) is 61.2 Å². The first-order valence-electron chi connectivity index (χ1n) is 9.66. The van der Waals surface area contributed by atoms with Crippen LogP contribution in [0.3, 0.4) is 0 Å². The zero-order chi connectivity index (χ0) is 19.8. The van der Waals surface area contributed by atoms with Crippen molar-refractivity contribution in [3.05, 3.63) is 72.3 Å². The lowest BCUT2D eigenvalue weighted by Gasteiger charge is -2.34. The summed E-state index contributed by atoms with van der Waals surface area (Å²) in [6, 6.07) is 16.4. The third-order valence-corrected chi connectivity index (χ3v) is 5.01. The first-order chi connectivity index (χ1) is 13.7. The van der Waals surface area contributed by atoms with Crippen LogP contribution in [-0.2, 0) is 17.8 Å². The standard InChI is InChI=1S/C23H28N2O3/c1-3-23(26)25-15-13-24(14-16-25)18-20-6-10-22(11-7-20)28-17-12-19-4-8-21(27-2)9-5-19/h3-11H,1,12-18H2,2H3. The highest BCUT2D eigenvalue weighted by atomic mass is 16.5. The lowest BCUT2D eigenvalue weighted by Crippen LogP contribution is -2.47. The first-order valence-corrected chi connectivity index (χ1v) is 9.66. The smallest absolute Gasteiger partial charge is 0.246 e. The maximum Gasteiger partial charge on any atom is 0.246 e. The quantitative estimate of drug-likeness (QED) is 0.660. The lowest BCUT2D eigenvalue weighted by molar-refractivity contribution is -0.127. The van der Waals surface area contributed by atoms with Crippen LogP contribution >= 0.6 is 0 Å². The number of ether oxygens (including phenoxy) is 2. The summed E-state index contributed by atoms with van der Waals surface area (Å²) >= 11 is 0. The van der Waals surface area contributed by atoms with E-state index >= 15 is 0 Å². The van der Waals surface area contributed by atoms with Gasteiger partial charge in [-0.2, -0.15) is 0 Å². The van der Waals surface area contributed by atoms with Gasteiger partial charge in [0.2, 0.25) is 5.91 Å². The maximum atomic E-state index is 11.6. The number of carbonyl (C=O) groups is 1. The van der Waals surface area contributed by atoms with Crippen LogP contribution in [0.4, 0.5) is 0 Å². The molecule has 148 valence electrons. The van der Waals surface area contributed by atoms with Crippen LogP contribution in [0.25, 0.3) is 0 Å². The van der Waals surface area contributed by atoms with E-state index in [1.807, 2.05) is 29.2 Å². The molecule has 1 amide bonds. The summed E-state index contributed by atoms with van der Waals surface area (Å²) in [6.07, 6.45) is 2.25.